The molecule has 0 aliphatic heterocycles. The average Bonchev–Trinajstić information content (AvgIpc) is 2.59. The lowest BCUT2D eigenvalue weighted by molar-refractivity contribution is -0.118. The molecule has 2 aromatic rings. The summed E-state index contributed by atoms with van der Waals surface area (Å²) in [6, 6.07) is 11.0. The van der Waals surface area contributed by atoms with E-state index in [0.717, 1.165) is 16.7 Å². The van der Waals surface area contributed by atoms with Crippen molar-refractivity contribution in [2.24, 2.45) is 5.73 Å². The molecule has 0 aliphatic carbocycles. The van der Waals surface area contributed by atoms with Crippen molar-refractivity contribution in [3.8, 4) is 5.75 Å². The summed E-state index contributed by atoms with van der Waals surface area (Å²) in [5.41, 5.74) is 9.48. The molecule has 0 heterocycles. The molecule has 6 nitrogen and oxygen atoms in total. The van der Waals surface area contributed by atoms with Crippen LogP contribution in [0.3, 0.4) is 0 Å². The van der Waals surface area contributed by atoms with Gasteiger partial charge in [0.1, 0.15) is 5.75 Å². The van der Waals surface area contributed by atoms with Crippen LogP contribution in [0.15, 0.2) is 36.4 Å². The molecule has 4 N–H and O–H groups in total. The van der Waals surface area contributed by atoms with E-state index >= 15 is 0 Å². The number of anilines is 2. The van der Waals surface area contributed by atoms with Crippen molar-refractivity contribution in [3.05, 3.63) is 53.1 Å². The van der Waals surface area contributed by atoms with Crippen molar-refractivity contribution in [2.45, 2.75) is 20.8 Å². The van der Waals surface area contributed by atoms with Crippen LogP contribution in [0.25, 0.3) is 0 Å². The Hall–Kier alpha value is -2.86. The number of carbonyl (C=O) groups is 2. The Labute approximate surface area is 147 Å². The fourth-order valence-corrected chi connectivity index (χ4v) is 2.26. The second-order valence-corrected chi connectivity index (χ2v) is 5.82. The van der Waals surface area contributed by atoms with E-state index in [4.69, 9.17) is 10.5 Å². The van der Waals surface area contributed by atoms with E-state index in [-0.39, 0.29) is 25.0 Å². The standard InChI is InChI=1S/C19H23N3O3/c1-12-5-4-6-17(14(12)3)25-11-19(24)22-16-9-15(8-7-13(16)2)21-18(23)10-20/h4-9H,10-11,20H2,1-3H3,(H,21,23)(H,22,24). The third-order valence-electron chi connectivity index (χ3n) is 3.89. The first-order valence-corrected chi connectivity index (χ1v) is 8.00. The molecule has 0 fully saturated rings. The number of benzene rings is 2. The maximum atomic E-state index is 12.2. The molecular weight excluding hydrogens is 318 g/mol. The second kappa shape index (κ2) is 8.30. The van der Waals surface area contributed by atoms with Crippen LogP contribution in [0, 0.1) is 20.8 Å². The van der Waals surface area contributed by atoms with Crippen LogP contribution < -0.4 is 21.1 Å². The van der Waals surface area contributed by atoms with E-state index in [1.165, 1.54) is 0 Å². The number of hydrogen-bond acceptors (Lipinski definition) is 4. The number of carbonyl (C=O) groups excluding carboxylic acids is 2. The maximum Gasteiger partial charge on any atom is 0.262 e. The van der Waals surface area contributed by atoms with Crippen molar-refractivity contribution >= 4 is 23.2 Å². The summed E-state index contributed by atoms with van der Waals surface area (Å²) in [7, 11) is 0. The van der Waals surface area contributed by atoms with Crippen molar-refractivity contribution < 1.29 is 14.3 Å². The van der Waals surface area contributed by atoms with Crippen LogP contribution in [0.1, 0.15) is 16.7 Å². The van der Waals surface area contributed by atoms with Crippen molar-refractivity contribution in [3.63, 3.8) is 0 Å². The first-order valence-electron chi connectivity index (χ1n) is 8.00. The number of nitrogens with two attached hydrogens (primary N) is 1. The van der Waals surface area contributed by atoms with Gasteiger partial charge in [-0.05, 0) is 55.7 Å². The van der Waals surface area contributed by atoms with Crippen molar-refractivity contribution in [1.82, 2.24) is 0 Å². The zero-order valence-corrected chi connectivity index (χ0v) is 14.7. The normalized spacial score (nSPS) is 10.2. The predicted molar refractivity (Wildman–Crippen MR) is 98.9 cm³/mol. The summed E-state index contributed by atoms with van der Waals surface area (Å²) < 4.78 is 5.61. The van der Waals surface area contributed by atoms with E-state index in [0.29, 0.717) is 17.1 Å². The highest BCUT2D eigenvalue weighted by molar-refractivity contribution is 5.95. The molecule has 6 heteroatoms. The number of aryl methyl sites for hydroxylation is 2. The van der Waals surface area contributed by atoms with Gasteiger partial charge in [0.05, 0.1) is 6.54 Å². The largest absolute Gasteiger partial charge is 0.483 e. The van der Waals surface area contributed by atoms with Gasteiger partial charge >= 0.3 is 0 Å². The fourth-order valence-electron chi connectivity index (χ4n) is 2.26. The van der Waals surface area contributed by atoms with Gasteiger partial charge in [-0.1, -0.05) is 18.2 Å². The molecule has 0 unspecified atom stereocenters. The van der Waals surface area contributed by atoms with Crippen LogP contribution in [-0.4, -0.2) is 25.0 Å². The molecule has 132 valence electrons. The highest BCUT2D eigenvalue weighted by Gasteiger charge is 2.09. The van der Waals surface area contributed by atoms with Gasteiger partial charge < -0.3 is 21.1 Å². The zero-order valence-electron chi connectivity index (χ0n) is 14.7. The summed E-state index contributed by atoms with van der Waals surface area (Å²) in [6.07, 6.45) is 0. The molecule has 0 bridgehead atoms. The Morgan fingerprint density at radius 1 is 1.00 bits per heavy atom. The molecule has 2 amide bonds. The van der Waals surface area contributed by atoms with E-state index in [9.17, 15) is 9.59 Å². The first kappa shape index (κ1) is 18.5. The minimum absolute atomic E-state index is 0.0941. The first-order chi connectivity index (χ1) is 11.9. The average molecular weight is 341 g/mol. The lowest BCUT2D eigenvalue weighted by Gasteiger charge is -2.13. The van der Waals surface area contributed by atoms with Gasteiger partial charge in [0.15, 0.2) is 6.61 Å². The van der Waals surface area contributed by atoms with Crippen LogP contribution in [0.2, 0.25) is 0 Å². The molecule has 0 aliphatic rings. The summed E-state index contributed by atoms with van der Waals surface area (Å²) in [5.74, 6) is 0.126. The van der Waals surface area contributed by atoms with Gasteiger partial charge in [-0.3, -0.25) is 9.59 Å². The third kappa shape index (κ3) is 5.06. The number of amides is 2. The van der Waals surface area contributed by atoms with Gasteiger partial charge in [0.25, 0.3) is 5.91 Å². The van der Waals surface area contributed by atoms with E-state index in [2.05, 4.69) is 10.6 Å². The number of ether oxygens (including phenoxy) is 1. The second-order valence-electron chi connectivity index (χ2n) is 5.82. The molecule has 0 atom stereocenters. The maximum absolute atomic E-state index is 12.2. The molecule has 2 aromatic carbocycles. The Morgan fingerprint density at radius 3 is 2.48 bits per heavy atom. The molecule has 0 saturated heterocycles. The lowest BCUT2D eigenvalue weighted by atomic mass is 10.1. The van der Waals surface area contributed by atoms with Gasteiger partial charge in [-0.25, -0.2) is 0 Å². The topological polar surface area (TPSA) is 93.5 Å². The highest BCUT2D eigenvalue weighted by atomic mass is 16.5. The van der Waals surface area contributed by atoms with Crippen LogP contribution in [0.5, 0.6) is 5.75 Å². The fraction of sp³-hybridized carbons (Fsp3) is 0.263. The molecule has 25 heavy (non-hydrogen) atoms. The van der Waals surface area contributed by atoms with Gasteiger partial charge in [0, 0.05) is 11.4 Å². The highest BCUT2D eigenvalue weighted by Crippen LogP contribution is 2.22. The van der Waals surface area contributed by atoms with E-state index in [1.807, 2.05) is 45.0 Å². The summed E-state index contributed by atoms with van der Waals surface area (Å²) in [6.45, 7) is 5.63. The Balaban J connectivity index is 2.01. The van der Waals surface area contributed by atoms with Gasteiger partial charge in [0.2, 0.25) is 5.91 Å². The van der Waals surface area contributed by atoms with Crippen LogP contribution >= 0.6 is 0 Å². The summed E-state index contributed by atoms with van der Waals surface area (Å²) in [5, 5.41) is 5.46. The molecule has 2 rings (SSSR count). The number of nitrogens with one attached hydrogen (secondary N) is 2. The van der Waals surface area contributed by atoms with Crippen molar-refractivity contribution in [1.29, 1.82) is 0 Å². The van der Waals surface area contributed by atoms with E-state index in [1.54, 1.807) is 12.1 Å². The quantitative estimate of drug-likeness (QED) is 0.752. The summed E-state index contributed by atoms with van der Waals surface area (Å²) in [4.78, 5) is 23.6. The monoisotopic (exact) mass is 341 g/mol. The van der Waals surface area contributed by atoms with Crippen LogP contribution in [-0.2, 0) is 9.59 Å². The third-order valence-corrected chi connectivity index (χ3v) is 3.89. The van der Waals surface area contributed by atoms with Crippen LogP contribution in [0.4, 0.5) is 11.4 Å². The SMILES string of the molecule is Cc1ccc(NC(=O)CN)cc1NC(=O)COc1cccc(C)c1C. The lowest BCUT2D eigenvalue weighted by Crippen LogP contribution is -2.23. The smallest absolute Gasteiger partial charge is 0.262 e. The summed E-state index contributed by atoms with van der Waals surface area (Å²) >= 11 is 0. The Morgan fingerprint density at radius 2 is 1.76 bits per heavy atom. The Kier molecular flexibility index (Phi) is 6.14. The molecule has 0 radical (unpaired) electrons. The minimum atomic E-state index is -0.292. The zero-order chi connectivity index (χ0) is 18.4. The minimum Gasteiger partial charge on any atom is -0.483 e. The molecule has 0 spiro atoms. The number of hydrogen-bond donors (Lipinski definition) is 3. The van der Waals surface area contributed by atoms with Crippen molar-refractivity contribution in [2.75, 3.05) is 23.8 Å². The molecular formula is C19H23N3O3. The number of rotatable bonds is 6. The molecule has 0 saturated carbocycles. The van der Waals surface area contributed by atoms with Gasteiger partial charge in [-0.15, -0.1) is 0 Å². The molecule has 0 aromatic heterocycles. The predicted octanol–water partition coefficient (Wildman–Crippen LogP) is 2.53. The van der Waals surface area contributed by atoms with Gasteiger partial charge in [-0.2, -0.15) is 0 Å². The van der Waals surface area contributed by atoms with E-state index < -0.39 is 0 Å². The Bertz CT molecular complexity index is 787.